The summed E-state index contributed by atoms with van der Waals surface area (Å²) in [6.45, 7) is 4.05. The van der Waals surface area contributed by atoms with Gasteiger partial charge in [-0.3, -0.25) is 9.59 Å². The third kappa shape index (κ3) is 4.48. The third-order valence-corrected chi connectivity index (χ3v) is 5.37. The van der Waals surface area contributed by atoms with Gasteiger partial charge in [-0.1, -0.05) is 24.3 Å². The van der Waals surface area contributed by atoms with Crippen molar-refractivity contribution < 1.29 is 28.6 Å². The zero-order chi connectivity index (χ0) is 23.5. The lowest BCUT2D eigenvalue weighted by Crippen LogP contribution is -2.30. The number of ketones is 1. The highest BCUT2D eigenvalue weighted by atomic mass is 16.5. The number of Topliss-reactive ketones (excluding diaryl/α,β-unsaturated/α-hetero) is 1. The molecule has 2 aromatic carbocycles. The standard InChI is InChI=1S/C26H25NO6/c1-16(2)33-20-12-8-18(9-13-20)23-22(24(28)21-5-4-14-32-21)25(29)26(30)27(23)15-17-6-10-19(31-3)11-7-17/h4-14,16,23,29H,15H2,1-3H3. The van der Waals surface area contributed by atoms with Gasteiger partial charge in [0.2, 0.25) is 5.78 Å². The van der Waals surface area contributed by atoms with Crippen LogP contribution in [-0.2, 0) is 11.3 Å². The number of rotatable bonds is 8. The van der Waals surface area contributed by atoms with E-state index in [0.29, 0.717) is 17.1 Å². The van der Waals surface area contributed by atoms with Crippen LogP contribution in [0.4, 0.5) is 0 Å². The summed E-state index contributed by atoms with van der Waals surface area (Å²) in [4.78, 5) is 27.8. The fraction of sp³-hybridized carbons (Fsp3) is 0.231. The minimum Gasteiger partial charge on any atom is -0.503 e. The molecule has 1 aliphatic heterocycles. The molecule has 170 valence electrons. The van der Waals surface area contributed by atoms with E-state index in [1.54, 1.807) is 49.6 Å². The highest BCUT2D eigenvalue weighted by molar-refractivity contribution is 6.15. The number of furan rings is 1. The summed E-state index contributed by atoms with van der Waals surface area (Å²) < 4.78 is 16.2. The topological polar surface area (TPSA) is 89.2 Å². The minimum atomic E-state index is -0.787. The van der Waals surface area contributed by atoms with Crippen LogP contribution < -0.4 is 9.47 Å². The van der Waals surface area contributed by atoms with Crippen molar-refractivity contribution in [2.45, 2.75) is 32.5 Å². The number of aliphatic hydroxyl groups is 1. The zero-order valence-corrected chi connectivity index (χ0v) is 18.6. The summed E-state index contributed by atoms with van der Waals surface area (Å²) in [6.07, 6.45) is 1.39. The molecule has 0 bridgehead atoms. The Kier molecular flexibility index (Phi) is 6.22. The average molecular weight is 447 g/mol. The van der Waals surface area contributed by atoms with Crippen LogP contribution in [0.2, 0.25) is 0 Å². The van der Waals surface area contributed by atoms with E-state index in [9.17, 15) is 14.7 Å². The molecule has 1 aliphatic rings. The summed E-state index contributed by atoms with van der Waals surface area (Å²) in [6, 6.07) is 16.7. The second-order valence-electron chi connectivity index (χ2n) is 7.99. The molecule has 7 nitrogen and oxygen atoms in total. The Morgan fingerprint density at radius 2 is 1.73 bits per heavy atom. The van der Waals surface area contributed by atoms with Gasteiger partial charge in [0, 0.05) is 6.54 Å². The molecular formula is C26H25NO6. The molecule has 0 aliphatic carbocycles. The van der Waals surface area contributed by atoms with Crippen LogP contribution in [0.1, 0.15) is 41.6 Å². The van der Waals surface area contributed by atoms with Crippen LogP contribution in [0.25, 0.3) is 0 Å². The number of aliphatic hydroxyl groups excluding tert-OH is 1. The van der Waals surface area contributed by atoms with Crippen LogP contribution in [0, 0.1) is 0 Å². The van der Waals surface area contributed by atoms with E-state index in [0.717, 1.165) is 5.56 Å². The Balaban J connectivity index is 1.73. The lowest BCUT2D eigenvalue weighted by atomic mass is 9.94. The largest absolute Gasteiger partial charge is 0.503 e. The lowest BCUT2D eigenvalue weighted by molar-refractivity contribution is -0.130. The maximum absolute atomic E-state index is 13.2. The smallest absolute Gasteiger partial charge is 0.290 e. The number of hydrogen-bond acceptors (Lipinski definition) is 6. The fourth-order valence-electron chi connectivity index (χ4n) is 3.86. The van der Waals surface area contributed by atoms with E-state index in [-0.39, 0.29) is 24.0 Å². The third-order valence-electron chi connectivity index (χ3n) is 5.37. The Morgan fingerprint density at radius 3 is 2.30 bits per heavy atom. The predicted octanol–water partition coefficient (Wildman–Crippen LogP) is 4.85. The summed E-state index contributed by atoms with van der Waals surface area (Å²) in [7, 11) is 1.58. The first-order chi connectivity index (χ1) is 15.9. The number of carbonyl (C=O) groups excluding carboxylic acids is 2. The van der Waals surface area contributed by atoms with Gasteiger partial charge in [-0.05, 0) is 61.4 Å². The monoisotopic (exact) mass is 447 g/mol. The van der Waals surface area contributed by atoms with Crippen molar-refractivity contribution in [2.24, 2.45) is 0 Å². The summed E-state index contributed by atoms with van der Waals surface area (Å²) >= 11 is 0. The van der Waals surface area contributed by atoms with Crippen molar-refractivity contribution in [1.29, 1.82) is 0 Å². The van der Waals surface area contributed by atoms with Gasteiger partial charge in [-0.2, -0.15) is 0 Å². The molecular weight excluding hydrogens is 422 g/mol. The summed E-state index contributed by atoms with van der Waals surface area (Å²) in [5.74, 6) is -0.299. The molecule has 3 aromatic rings. The van der Waals surface area contributed by atoms with Gasteiger partial charge in [0.15, 0.2) is 11.5 Å². The van der Waals surface area contributed by atoms with E-state index >= 15 is 0 Å². The maximum Gasteiger partial charge on any atom is 0.290 e. The van der Waals surface area contributed by atoms with E-state index in [2.05, 4.69) is 0 Å². The van der Waals surface area contributed by atoms with Crippen LogP contribution in [-0.4, -0.2) is 34.9 Å². The van der Waals surface area contributed by atoms with Crippen LogP contribution in [0.3, 0.4) is 0 Å². The Hall–Kier alpha value is -4.00. The number of methoxy groups -OCH3 is 1. The van der Waals surface area contributed by atoms with Gasteiger partial charge in [0.25, 0.3) is 5.91 Å². The molecule has 0 saturated carbocycles. The van der Waals surface area contributed by atoms with Crippen molar-refractivity contribution in [3.63, 3.8) is 0 Å². The normalized spacial score (nSPS) is 15.9. The van der Waals surface area contributed by atoms with E-state index in [1.807, 2.05) is 26.0 Å². The molecule has 0 radical (unpaired) electrons. The summed E-state index contributed by atoms with van der Waals surface area (Å²) in [5.41, 5.74) is 1.49. The van der Waals surface area contributed by atoms with Gasteiger partial charge < -0.3 is 23.9 Å². The van der Waals surface area contributed by atoms with Gasteiger partial charge in [-0.15, -0.1) is 0 Å². The highest BCUT2D eigenvalue weighted by Crippen LogP contribution is 2.40. The molecule has 1 unspecified atom stereocenters. The second kappa shape index (κ2) is 9.24. The first kappa shape index (κ1) is 22.2. The predicted molar refractivity (Wildman–Crippen MR) is 121 cm³/mol. The first-order valence-corrected chi connectivity index (χ1v) is 10.6. The van der Waals surface area contributed by atoms with Gasteiger partial charge in [0.05, 0.1) is 31.1 Å². The minimum absolute atomic E-state index is 0.00973. The van der Waals surface area contributed by atoms with E-state index in [1.165, 1.54) is 17.2 Å². The molecule has 0 fully saturated rings. The number of hydrogen-bond donors (Lipinski definition) is 1. The number of amides is 1. The van der Waals surface area contributed by atoms with Crippen LogP contribution in [0.15, 0.2) is 82.7 Å². The Labute approximate surface area is 191 Å². The van der Waals surface area contributed by atoms with Crippen molar-refractivity contribution >= 4 is 11.7 Å². The SMILES string of the molecule is COc1ccc(CN2C(=O)C(O)=C(C(=O)c3ccco3)C2c2ccc(OC(C)C)cc2)cc1. The quantitative estimate of drug-likeness (QED) is 0.497. The van der Waals surface area contributed by atoms with Crippen molar-refractivity contribution in [3.8, 4) is 11.5 Å². The first-order valence-electron chi connectivity index (χ1n) is 10.6. The molecule has 1 aromatic heterocycles. The van der Waals surface area contributed by atoms with Crippen molar-refractivity contribution in [1.82, 2.24) is 4.90 Å². The number of carbonyl (C=O) groups is 2. The fourth-order valence-corrected chi connectivity index (χ4v) is 3.86. The second-order valence-corrected chi connectivity index (χ2v) is 7.99. The van der Waals surface area contributed by atoms with E-state index < -0.39 is 23.5 Å². The van der Waals surface area contributed by atoms with Gasteiger partial charge in [0.1, 0.15) is 11.5 Å². The molecule has 1 N–H and O–H groups in total. The number of ether oxygens (including phenoxy) is 2. The molecule has 1 amide bonds. The van der Waals surface area contributed by atoms with Crippen LogP contribution >= 0.6 is 0 Å². The van der Waals surface area contributed by atoms with Crippen molar-refractivity contribution in [3.05, 3.63) is 95.1 Å². The number of benzene rings is 2. The maximum atomic E-state index is 13.2. The van der Waals surface area contributed by atoms with E-state index in [4.69, 9.17) is 13.9 Å². The molecule has 33 heavy (non-hydrogen) atoms. The molecule has 0 spiro atoms. The highest BCUT2D eigenvalue weighted by Gasteiger charge is 2.44. The van der Waals surface area contributed by atoms with Crippen molar-refractivity contribution in [2.75, 3.05) is 7.11 Å². The molecule has 7 heteroatoms. The average Bonchev–Trinajstić information content (AvgIpc) is 3.43. The molecule has 2 heterocycles. The Bertz CT molecular complexity index is 1160. The van der Waals surface area contributed by atoms with Crippen LogP contribution in [0.5, 0.6) is 11.5 Å². The number of nitrogens with zero attached hydrogens (tertiary/aromatic N) is 1. The van der Waals surface area contributed by atoms with Gasteiger partial charge in [-0.25, -0.2) is 0 Å². The molecule has 0 saturated heterocycles. The lowest BCUT2D eigenvalue weighted by Gasteiger charge is -2.27. The zero-order valence-electron chi connectivity index (χ0n) is 18.6. The van der Waals surface area contributed by atoms with Gasteiger partial charge >= 0.3 is 0 Å². The molecule has 4 rings (SSSR count). The molecule has 1 atom stereocenters. The summed E-state index contributed by atoms with van der Waals surface area (Å²) in [5, 5.41) is 10.7. The Morgan fingerprint density at radius 1 is 1.06 bits per heavy atom.